The average Bonchev–Trinajstić information content (AvgIpc) is 2.79. The molecule has 0 aliphatic heterocycles. The van der Waals surface area contributed by atoms with Gasteiger partial charge in [-0.1, -0.05) is 41.9 Å². The number of halogens is 1. The third kappa shape index (κ3) is 2.62. The van der Waals surface area contributed by atoms with Crippen molar-refractivity contribution in [1.29, 1.82) is 0 Å². The molecule has 19 heavy (non-hydrogen) atoms. The number of rotatable bonds is 3. The summed E-state index contributed by atoms with van der Waals surface area (Å²) in [4.78, 5) is 1.18. The largest absolute Gasteiger partial charge is 0.268 e. The minimum Gasteiger partial charge on any atom is -0.268 e. The predicted octanol–water partition coefficient (Wildman–Crippen LogP) is 4.52. The molecule has 1 aromatic heterocycles. The highest BCUT2D eigenvalue weighted by molar-refractivity contribution is 7.98. The summed E-state index contributed by atoms with van der Waals surface area (Å²) in [6.45, 7) is 0. The van der Waals surface area contributed by atoms with E-state index < -0.39 is 0 Å². The van der Waals surface area contributed by atoms with Gasteiger partial charge in [-0.2, -0.15) is 5.10 Å². The number of aryl methyl sites for hydroxylation is 1. The average molecular weight is 289 g/mol. The maximum atomic E-state index is 6.18. The Kier molecular flexibility index (Phi) is 3.49. The predicted molar refractivity (Wildman–Crippen MR) is 81.7 cm³/mol. The van der Waals surface area contributed by atoms with E-state index in [1.54, 1.807) is 11.8 Å². The summed E-state index contributed by atoms with van der Waals surface area (Å²) in [7, 11) is 1.93. The summed E-state index contributed by atoms with van der Waals surface area (Å²) < 4.78 is 1.85. The summed E-state index contributed by atoms with van der Waals surface area (Å²) >= 11 is 7.97. The van der Waals surface area contributed by atoms with E-state index in [0.717, 1.165) is 21.7 Å². The zero-order chi connectivity index (χ0) is 13.2. The molecule has 0 N–H and O–H groups in total. The second-order valence-electron chi connectivity index (χ2n) is 4.38. The van der Waals surface area contributed by atoms with Gasteiger partial charge >= 0.3 is 0 Å². The SMILES string of the molecule is Cn1ncc2c(SCc3ccccc3)cc(Cl)cc21. The third-order valence-electron chi connectivity index (χ3n) is 3.03. The molecule has 0 unspecified atom stereocenters. The molecule has 3 rings (SSSR count). The van der Waals surface area contributed by atoms with Crippen molar-refractivity contribution in [3.63, 3.8) is 0 Å². The van der Waals surface area contributed by atoms with E-state index in [1.807, 2.05) is 36.1 Å². The van der Waals surface area contributed by atoms with Crippen molar-refractivity contribution >= 4 is 34.3 Å². The van der Waals surface area contributed by atoms with Crippen LogP contribution in [0.3, 0.4) is 0 Å². The lowest BCUT2D eigenvalue weighted by atomic mass is 10.2. The molecular weight excluding hydrogens is 276 g/mol. The molecule has 0 saturated heterocycles. The number of hydrogen-bond acceptors (Lipinski definition) is 2. The second kappa shape index (κ2) is 5.27. The lowest BCUT2D eigenvalue weighted by Gasteiger charge is -2.05. The first kappa shape index (κ1) is 12.6. The van der Waals surface area contributed by atoms with Gasteiger partial charge in [0.15, 0.2) is 0 Å². The zero-order valence-corrected chi connectivity index (χ0v) is 12.1. The van der Waals surface area contributed by atoms with Crippen molar-refractivity contribution < 1.29 is 0 Å². The number of aromatic nitrogens is 2. The molecule has 2 aromatic carbocycles. The second-order valence-corrected chi connectivity index (χ2v) is 5.83. The fourth-order valence-electron chi connectivity index (χ4n) is 2.04. The third-order valence-corrected chi connectivity index (χ3v) is 4.38. The summed E-state index contributed by atoms with van der Waals surface area (Å²) in [6, 6.07) is 14.4. The van der Waals surface area contributed by atoms with Crippen LogP contribution in [0.25, 0.3) is 10.9 Å². The minimum atomic E-state index is 0.756. The highest BCUT2D eigenvalue weighted by Gasteiger charge is 2.08. The topological polar surface area (TPSA) is 17.8 Å². The van der Waals surface area contributed by atoms with Crippen LogP contribution in [0, 0.1) is 0 Å². The van der Waals surface area contributed by atoms with Crippen LogP contribution < -0.4 is 0 Å². The Labute approximate surface area is 121 Å². The van der Waals surface area contributed by atoms with E-state index in [4.69, 9.17) is 11.6 Å². The summed E-state index contributed by atoms with van der Waals surface area (Å²) in [6.07, 6.45) is 1.90. The molecule has 4 heteroatoms. The molecule has 0 fully saturated rings. The number of nitrogens with zero attached hydrogens (tertiary/aromatic N) is 2. The quantitative estimate of drug-likeness (QED) is 0.660. The van der Waals surface area contributed by atoms with Gasteiger partial charge in [-0.05, 0) is 17.7 Å². The molecule has 0 amide bonds. The van der Waals surface area contributed by atoms with Gasteiger partial charge in [0.2, 0.25) is 0 Å². The first-order valence-electron chi connectivity index (χ1n) is 6.02. The van der Waals surface area contributed by atoms with Crippen molar-refractivity contribution in [3.05, 3.63) is 59.2 Å². The van der Waals surface area contributed by atoms with Gasteiger partial charge in [-0.25, -0.2) is 0 Å². The van der Waals surface area contributed by atoms with Crippen molar-refractivity contribution in [3.8, 4) is 0 Å². The molecule has 1 heterocycles. The number of thioether (sulfide) groups is 1. The van der Waals surface area contributed by atoms with E-state index >= 15 is 0 Å². The number of benzene rings is 2. The lowest BCUT2D eigenvalue weighted by Crippen LogP contribution is -1.88. The van der Waals surface area contributed by atoms with E-state index in [0.29, 0.717) is 0 Å². The van der Waals surface area contributed by atoms with Gasteiger partial charge in [0.05, 0.1) is 11.7 Å². The van der Waals surface area contributed by atoms with Crippen LogP contribution in [0.5, 0.6) is 0 Å². The Bertz CT molecular complexity index is 707. The Morgan fingerprint density at radius 1 is 1.21 bits per heavy atom. The Balaban J connectivity index is 1.92. The maximum absolute atomic E-state index is 6.18. The Morgan fingerprint density at radius 3 is 2.79 bits per heavy atom. The highest BCUT2D eigenvalue weighted by atomic mass is 35.5. The smallest absolute Gasteiger partial charge is 0.0705 e. The standard InChI is InChI=1S/C15H13ClN2S/c1-18-14-7-12(16)8-15(13(14)9-17-18)19-10-11-5-3-2-4-6-11/h2-9H,10H2,1H3. The minimum absolute atomic E-state index is 0.756. The van der Waals surface area contributed by atoms with Crippen LogP contribution in [-0.2, 0) is 12.8 Å². The molecule has 0 radical (unpaired) electrons. The molecule has 0 spiro atoms. The normalized spacial score (nSPS) is 11.1. The highest BCUT2D eigenvalue weighted by Crippen LogP contribution is 2.32. The van der Waals surface area contributed by atoms with Crippen LogP contribution in [-0.4, -0.2) is 9.78 Å². The monoisotopic (exact) mass is 288 g/mol. The number of hydrogen-bond donors (Lipinski definition) is 0. The lowest BCUT2D eigenvalue weighted by molar-refractivity contribution is 0.797. The van der Waals surface area contributed by atoms with Gasteiger partial charge in [-0.15, -0.1) is 11.8 Å². The van der Waals surface area contributed by atoms with Gasteiger partial charge in [0.1, 0.15) is 0 Å². The van der Waals surface area contributed by atoms with E-state index in [2.05, 4.69) is 29.4 Å². The van der Waals surface area contributed by atoms with Crippen molar-refractivity contribution in [1.82, 2.24) is 9.78 Å². The fraction of sp³-hybridized carbons (Fsp3) is 0.133. The Morgan fingerprint density at radius 2 is 2.00 bits per heavy atom. The van der Waals surface area contributed by atoms with Crippen LogP contribution in [0.15, 0.2) is 53.6 Å². The summed E-state index contributed by atoms with van der Waals surface area (Å²) in [5.74, 6) is 0.936. The van der Waals surface area contributed by atoms with Crippen LogP contribution in [0.4, 0.5) is 0 Å². The van der Waals surface area contributed by atoms with Crippen LogP contribution in [0.1, 0.15) is 5.56 Å². The zero-order valence-electron chi connectivity index (χ0n) is 10.5. The summed E-state index contributed by atoms with van der Waals surface area (Å²) in [5.41, 5.74) is 2.38. The molecule has 3 aromatic rings. The Hall–Kier alpha value is -1.45. The van der Waals surface area contributed by atoms with Gasteiger partial charge in [-0.3, -0.25) is 4.68 Å². The van der Waals surface area contributed by atoms with Gasteiger partial charge in [0, 0.05) is 28.1 Å². The molecular formula is C15H13ClN2S. The van der Waals surface area contributed by atoms with Crippen molar-refractivity contribution in [2.24, 2.45) is 7.05 Å². The van der Waals surface area contributed by atoms with E-state index in [-0.39, 0.29) is 0 Å². The van der Waals surface area contributed by atoms with Crippen molar-refractivity contribution in [2.75, 3.05) is 0 Å². The molecule has 0 aliphatic carbocycles. The first-order chi connectivity index (χ1) is 9.24. The van der Waals surface area contributed by atoms with Crippen molar-refractivity contribution in [2.45, 2.75) is 10.6 Å². The van der Waals surface area contributed by atoms with Gasteiger partial charge in [0.25, 0.3) is 0 Å². The molecule has 0 atom stereocenters. The number of fused-ring (bicyclic) bond motifs is 1. The molecule has 2 nitrogen and oxygen atoms in total. The summed E-state index contributed by atoms with van der Waals surface area (Å²) in [5, 5.41) is 6.21. The fourth-order valence-corrected chi connectivity index (χ4v) is 3.35. The van der Waals surface area contributed by atoms with E-state index in [9.17, 15) is 0 Å². The maximum Gasteiger partial charge on any atom is 0.0705 e. The molecule has 0 saturated carbocycles. The first-order valence-corrected chi connectivity index (χ1v) is 7.38. The van der Waals surface area contributed by atoms with Crippen LogP contribution in [0.2, 0.25) is 5.02 Å². The molecule has 0 bridgehead atoms. The molecule has 96 valence electrons. The van der Waals surface area contributed by atoms with Gasteiger partial charge < -0.3 is 0 Å². The van der Waals surface area contributed by atoms with E-state index in [1.165, 1.54) is 10.5 Å². The van der Waals surface area contributed by atoms with Crippen LogP contribution >= 0.6 is 23.4 Å². The molecule has 0 aliphatic rings.